The molecule has 4 heteroatoms. The van der Waals surface area contributed by atoms with E-state index in [4.69, 9.17) is 4.74 Å². The number of hydrogen-bond acceptors (Lipinski definition) is 3. The van der Waals surface area contributed by atoms with E-state index in [1.807, 2.05) is 27.8 Å². The standard InChI is InChI=1S/C17H34N2O2/c1-13(11-18-14-8-9-17(5,6)10-14)12-19(7)15(20)21-16(2,3)4/h13-14,18H,8-12H2,1-7H3. The molecule has 1 aliphatic rings. The molecule has 21 heavy (non-hydrogen) atoms. The Morgan fingerprint density at radius 2 is 2.05 bits per heavy atom. The van der Waals surface area contributed by atoms with Crippen molar-refractivity contribution in [2.75, 3.05) is 20.1 Å². The van der Waals surface area contributed by atoms with Crippen molar-refractivity contribution in [2.24, 2.45) is 11.3 Å². The Kier molecular flexibility index (Phi) is 6.09. The number of rotatable bonds is 5. The molecule has 1 saturated carbocycles. The molecule has 4 nitrogen and oxygen atoms in total. The number of nitrogens with one attached hydrogen (secondary N) is 1. The summed E-state index contributed by atoms with van der Waals surface area (Å²) >= 11 is 0. The zero-order valence-electron chi connectivity index (χ0n) is 15.0. The topological polar surface area (TPSA) is 41.6 Å². The lowest BCUT2D eigenvalue weighted by atomic mass is 9.92. The fraction of sp³-hybridized carbons (Fsp3) is 0.941. The number of ether oxygens (including phenoxy) is 1. The minimum Gasteiger partial charge on any atom is -0.444 e. The zero-order chi connectivity index (χ0) is 16.3. The van der Waals surface area contributed by atoms with E-state index in [1.54, 1.807) is 4.90 Å². The molecular weight excluding hydrogens is 264 g/mol. The van der Waals surface area contributed by atoms with Gasteiger partial charge in [0.05, 0.1) is 0 Å². The average molecular weight is 298 g/mol. The van der Waals surface area contributed by atoms with Gasteiger partial charge >= 0.3 is 6.09 Å². The van der Waals surface area contributed by atoms with Gasteiger partial charge in [-0.15, -0.1) is 0 Å². The molecule has 0 aromatic rings. The molecule has 1 fully saturated rings. The lowest BCUT2D eigenvalue weighted by Crippen LogP contribution is -2.40. The second-order valence-electron chi connectivity index (χ2n) is 8.48. The van der Waals surface area contributed by atoms with Gasteiger partial charge in [-0.2, -0.15) is 0 Å². The van der Waals surface area contributed by atoms with Crippen molar-refractivity contribution in [3.8, 4) is 0 Å². The van der Waals surface area contributed by atoms with E-state index in [1.165, 1.54) is 19.3 Å². The zero-order valence-corrected chi connectivity index (χ0v) is 15.0. The second-order valence-corrected chi connectivity index (χ2v) is 8.48. The first-order valence-corrected chi connectivity index (χ1v) is 8.16. The third kappa shape index (κ3) is 7.16. The highest BCUT2D eigenvalue weighted by molar-refractivity contribution is 5.67. The van der Waals surface area contributed by atoms with Crippen molar-refractivity contribution in [2.45, 2.75) is 72.4 Å². The number of carbonyl (C=O) groups is 1. The third-order valence-corrected chi connectivity index (χ3v) is 4.01. The number of carbonyl (C=O) groups excluding carboxylic acids is 1. The summed E-state index contributed by atoms with van der Waals surface area (Å²) in [4.78, 5) is 13.6. The molecule has 0 aromatic heterocycles. The van der Waals surface area contributed by atoms with Crippen LogP contribution < -0.4 is 5.32 Å². The largest absolute Gasteiger partial charge is 0.444 e. The molecular formula is C17H34N2O2. The molecule has 0 heterocycles. The third-order valence-electron chi connectivity index (χ3n) is 4.01. The minimum atomic E-state index is -0.428. The predicted molar refractivity (Wildman–Crippen MR) is 87.5 cm³/mol. The Morgan fingerprint density at radius 1 is 1.43 bits per heavy atom. The van der Waals surface area contributed by atoms with Crippen LogP contribution in [0.15, 0.2) is 0 Å². The normalized spacial score (nSPS) is 22.9. The van der Waals surface area contributed by atoms with Gasteiger partial charge in [-0.05, 0) is 57.9 Å². The summed E-state index contributed by atoms with van der Waals surface area (Å²) in [5.41, 5.74) is 0.0521. The van der Waals surface area contributed by atoms with E-state index in [2.05, 4.69) is 26.1 Å². The first-order chi connectivity index (χ1) is 9.48. The second kappa shape index (κ2) is 6.99. The van der Waals surface area contributed by atoms with Crippen LogP contribution in [0.4, 0.5) is 4.79 Å². The van der Waals surface area contributed by atoms with E-state index in [0.29, 0.717) is 17.4 Å². The van der Waals surface area contributed by atoms with Crippen molar-refractivity contribution in [1.82, 2.24) is 10.2 Å². The Bertz CT molecular complexity index is 347. The van der Waals surface area contributed by atoms with Crippen LogP contribution >= 0.6 is 0 Å². The van der Waals surface area contributed by atoms with Crippen LogP contribution in [0, 0.1) is 11.3 Å². The van der Waals surface area contributed by atoms with Crippen molar-refractivity contribution in [3.63, 3.8) is 0 Å². The maximum absolute atomic E-state index is 11.9. The molecule has 0 bridgehead atoms. The Hall–Kier alpha value is -0.770. The molecule has 2 unspecified atom stereocenters. The Labute approximate surface area is 130 Å². The first kappa shape index (κ1) is 18.3. The summed E-state index contributed by atoms with van der Waals surface area (Å²) in [6.07, 6.45) is 3.58. The first-order valence-electron chi connectivity index (χ1n) is 8.16. The highest BCUT2D eigenvalue weighted by Gasteiger charge is 2.30. The van der Waals surface area contributed by atoms with Crippen LogP contribution in [0.3, 0.4) is 0 Å². The van der Waals surface area contributed by atoms with Gasteiger partial charge in [-0.3, -0.25) is 0 Å². The average Bonchev–Trinajstić information content (AvgIpc) is 2.64. The number of hydrogen-bond donors (Lipinski definition) is 1. The SMILES string of the molecule is CC(CNC1CCC(C)(C)C1)CN(C)C(=O)OC(C)(C)C. The fourth-order valence-electron chi connectivity index (χ4n) is 2.92. The van der Waals surface area contributed by atoms with Gasteiger partial charge in [0, 0.05) is 19.6 Å². The monoisotopic (exact) mass is 298 g/mol. The minimum absolute atomic E-state index is 0.239. The van der Waals surface area contributed by atoms with Gasteiger partial charge in [0.15, 0.2) is 0 Å². The van der Waals surface area contributed by atoms with E-state index >= 15 is 0 Å². The highest BCUT2D eigenvalue weighted by Crippen LogP contribution is 2.36. The molecule has 1 amide bonds. The quantitative estimate of drug-likeness (QED) is 0.842. The fourth-order valence-corrected chi connectivity index (χ4v) is 2.92. The van der Waals surface area contributed by atoms with E-state index < -0.39 is 5.60 Å². The maximum atomic E-state index is 11.9. The van der Waals surface area contributed by atoms with Crippen molar-refractivity contribution in [3.05, 3.63) is 0 Å². The molecule has 0 spiro atoms. The van der Waals surface area contributed by atoms with Crippen molar-refractivity contribution < 1.29 is 9.53 Å². The Balaban J connectivity index is 2.27. The van der Waals surface area contributed by atoms with Gasteiger partial charge in [0.25, 0.3) is 0 Å². The summed E-state index contributed by atoms with van der Waals surface area (Å²) in [6, 6.07) is 0.634. The molecule has 0 aromatic carbocycles. The molecule has 0 saturated heterocycles. The predicted octanol–water partition coefficient (Wildman–Crippen LogP) is 3.66. The molecule has 124 valence electrons. The van der Waals surface area contributed by atoms with Crippen molar-refractivity contribution >= 4 is 6.09 Å². The van der Waals surface area contributed by atoms with Crippen LogP contribution in [0.1, 0.15) is 60.8 Å². The van der Waals surface area contributed by atoms with Crippen LogP contribution in [-0.2, 0) is 4.74 Å². The van der Waals surface area contributed by atoms with Gasteiger partial charge in [0.2, 0.25) is 0 Å². The number of nitrogens with zero attached hydrogens (tertiary/aromatic N) is 1. The lowest BCUT2D eigenvalue weighted by molar-refractivity contribution is 0.0276. The van der Waals surface area contributed by atoms with Gasteiger partial charge in [-0.1, -0.05) is 20.8 Å². The van der Waals surface area contributed by atoms with Gasteiger partial charge in [0.1, 0.15) is 5.60 Å². The highest BCUT2D eigenvalue weighted by atomic mass is 16.6. The van der Waals surface area contributed by atoms with Gasteiger partial charge < -0.3 is 15.0 Å². The summed E-state index contributed by atoms with van der Waals surface area (Å²) in [6.45, 7) is 14.2. The van der Waals surface area contributed by atoms with E-state index in [-0.39, 0.29) is 6.09 Å². The van der Waals surface area contributed by atoms with Crippen LogP contribution in [0.5, 0.6) is 0 Å². The molecule has 1 aliphatic carbocycles. The maximum Gasteiger partial charge on any atom is 0.410 e. The van der Waals surface area contributed by atoms with Crippen LogP contribution in [0.2, 0.25) is 0 Å². The molecule has 0 radical (unpaired) electrons. The van der Waals surface area contributed by atoms with E-state index in [0.717, 1.165) is 13.1 Å². The van der Waals surface area contributed by atoms with E-state index in [9.17, 15) is 4.79 Å². The summed E-state index contributed by atoms with van der Waals surface area (Å²) in [7, 11) is 1.81. The molecule has 0 aliphatic heterocycles. The van der Waals surface area contributed by atoms with Crippen LogP contribution in [-0.4, -0.2) is 42.8 Å². The lowest BCUT2D eigenvalue weighted by Gasteiger charge is -2.27. The smallest absolute Gasteiger partial charge is 0.410 e. The molecule has 1 rings (SSSR count). The summed E-state index contributed by atoms with van der Waals surface area (Å²) in [5.74, 6) is 0.422. The number of amides is 1. The van der Waals surface area contributed by atoms with Gasteiger partial charge in [-0.25, -0.2) is 4.79 Å². The molecule has 1 N–H and O–H groups in total. The summed E-state index contributed by atoms with van der Waals surface area (Å²) in [5, 5.41) is 3.65. The van der Waals surface area contributed by atoms with Crippen LogP contribution in [0.25, 0.3) is 0 Å². The van der Waals surface area contributed by atoms with Crippen molar-refractivity contribution in [1.29, 1.82) is 0 Å². The molecule has 2 atom stereocenters. The Morgan fingerprint density at radius 3 is 2.52 bits per heavy atom. The summed E-state index contributed by atoms with van der Waals surface area (Å²) < 4.78 is 5.37.